The van der Waals surface area contributed by atoms with Crippen molar-refractivity contribution >= 4 is 22.9 Å². The van der Waals surface area contributed by atoms with Crippen LogP contribution in [-0.4, -0.2) is 15.9 Å². The van der Waals surface area contributed by atoms with Gasteiger partial charge in [-0.25, -0.2) is 4.98 Å². The molecule has 0 aliphatic heterocycles. The van der Waals surface area contributed by atoms with E-state index >= 15 is 0 Å². The molecule has 0 fully saturated rings. The van der Waals surface area contributed by atoms with Gasteiger partial charge in [0.05, 0.1) is 17.8 Å². The van der Waals surface area contributed by atoms with Crippen molar-refractivity contribution in [3.8, 4) is 10.7 Å². The van der Waals surface area contributed by atoms with E-state index in [0.717, 1.165) is 34.9 Å². The minimum Gasteiger partial charge on any atom is -0.326 e. The molecule has 2 aromatic heterocycles. The van der Waals surface area contributed by atoms with Gasteiger partial charge >= 0.3 is 0 Å². The number of aromatic nitrogens is 2. The molecule has 3 aromatic rings. The van der Waals surface area contributed by atoms with Crippen molar-refractivity contribution in [1.29, 1.82) is 0 Å². The van der Waals surface area contributed by atoms with Crippen LogP contribution < -0.4 is 5.32 Å². The monoisotopic (exact) mass is 335 g/mol. The third kappa shape index (κ3) is 3.21. The van der Waals surface area contributed by atoms with Crippen LogP contribution in [0, 0.1) is 0 Å². The van der Waals surface area contributed by atoms with Gasteiger partial charge in [-0.1, -0.05) is 12.1 Å². The SMILES string of the molecule is O=C(Cc1csc(-c2ccccn2)n1)Nc1ccc2c(c1)CCC2. The maximum atomic E-state index is 12.3. The molecule has 0 atom stereocenters. The van der Waals surface area contributed by atoms with Gasteiger partial charge in [0.25, 0.3) is 0 Å². The smallest absolute Gasteiger partial charge is 0.230 e. The number of rotatable bonds is 4. The second-order valence-electron chi connectivity index (χ2n) is 5.92. The molecule has 1 N–H and O–H groups in total. The quantitative estimate of drug-likeness (QED) is 0.787. The van der Waals surface area contributed by atoms with Crippen molar-refractivity contribution in [3.63, 3.8) is 0 Å². The molecule has 0 unspecified atom stereocenters. The van der Waals surface area contributed by atoms with Crippen molar-refractivity contribution in [3.05, 3.63) is 64.8 Å². The van der Waals surface area contributed by atoms with E-state index in [0.29, 0.717) is 0 Å². The number of aryl methyl sites for hydroxylation is 2. The summed E-state index contributed by atoms with van der Waals surface area (Å²) >= 11 is 1.51. The summed E-state index contributed by atoms with van der Waals surface area (Å²) in [5, 5.41) is 5.75. The minimum atomic E-state index is -0.0363. The number of hydrogen-bond donors (Lipinski definition) is 1. The van der Waals surface area contributed by atoms with E-state index in [1.54, 1.807) is 6.20 Å². The first-order valence-electron chi connectivity index (χ1n) is 8.05. The highest BCUT2D eigenvalue weighted by Gasteiger charge is 2.13. The first-order valence-corrected chi connectivity index (χ1v) is 8.93. The average molecular weight is 335 g/mol. The molecule has 2 heterocycles. The Hall–Kier alpha value is -2.53. The summed E-state index contributed by atoms with van der Waals surface area (Å²) in [5.74, 6) is -0.0363. The largest absolute Gasteiger partial charge is 0.326 e. The molecule has 1 aromatic carbocycles. The van der Waals surface area contributed by atoms with Crippen LogP contribution in [0.25, 0.3) is 10.7 Å². The Bertz CT molecular complexity index is 873. The Kier molecular flexibility index (Phi) is 4.09. The van der Waals surface area contributed by atoms with E-state index in [4.69, 9.17) is 0 Å². The standard InChI is InChI=1S/C19H17N3OS/c23-18(21-15-8-7-13-4-3-5-14(13)10-15)11-16-12-24-19(22-16)17-6-1-2-9-20-17/h1-2,6-10,12H,3-5,11H2,(H,21,23). The van der Waals surface area contributed by atoms with E-state index in [1.165, 1.54) is 28.9 Å². The third-order valence-electron chi connectivity index (χ3n) is 4.16. The van der Waals surface area contributed by atoms with Gasteiger partial charge in [-0.2, -0.15) is 0 Å². The number of carbonyl (C=O) groups excluding carboxylic acids is 1. The van der Waals surface area contributed by atoms with E-state index in [9.17, 15) is 4.79 Å². The first-order chi connectivity index (χ1) is 11.8. The molecule has 4 rings (SSSR count). The van der Waals surface area contributed by atoms with Gasteiger partial charge in [0.15, 0.2) is 0 Å². The summed E-state index contributed by atoms with van der Waals surface area (Å²) in [6.07, 6.45) is 5.50. The predicted octanol–water partition coefficient (Wildman–Crippen LogP) is 3.88. The fourth-order valence-corrected chi connectivity index (χ4v) is 3.81. The van der Waals surface area contributed by atoms with Gasteiger partial charge in [0.2, 0.25) is 5.91 Å². The third-order valence-corrected chi connectivity index (χ3v) is 5.07. The second kappa shape index (κ2) is 6.53. The molecule has 0 radical (unpaired) electrons. The van der Waals surface area contributed by atoms with Crippen LogP contribution in [0.1, 0.15) is 23.2 Å². The molecular weight excluding hydrogens is 318 g/mol. The van der Waals surface area contributed by atoms with Gasteiger partial charge in [-0.3, -0.25) is 9.78 Å². The van der Waals surface area contributed by atoms with Gasteiger partial charge in [-0.15, -0.1) is 11.3 Å². The number of anilines is 1. The Labute approximate surface area is 144 Å². The molecule has 5 heteroatoms. The van der Waals surface area contributed by atoms with Crippen molar-refractivity contribution in [1.82, 2.24) is 9.97 Å². The molecule has 0 spiro atoms. The summed E-state index contributed by atoms with van der Waals surface area (Å²) in [5.41, 5.74) is 5.26. The van der Waals surface area contributed by atoms with Crippen LogP contribution in [0.2, 0.25) is 0 Å². The van der Waals surface area contributed by atoms with Crippen LogP contribution in [0.4, 0.5) is 5.69 Å². The molecule has 24 heavy (non-hydrogen) atoms. The number of nitrogens with zero attached hydrogens (tertiary/aromatic N) is 2. The predicted molar refractivity (Wildman–Crippen MR) is 96.1 cm³/mol. The van der Waals surface area contributed by atoms with Crippen molar-refractivity contribution < 1.29 is 4.79 Å². The Balaban J connectivity index is 1.42. The molecular formula is C19H17N3OS. The first kappa shape index (κ1) is 15.0. The number of fused-ring (bicyclic) bond motifs is 1. The molecule has 1 aliphatic rings. The van der Waals surface area contributed by atoms with E-state index in [2.05, 4.69) is 27.4 Å². The van der Waals surface area contributed by atoms with Crippen LogP contribution >= 0.6 is 11.3 Å². The lowest BCUT2D eigenvalue weighted by Gasteiger charge is -2.06. The highest BCUT2D eigenvalue weighted by atomic mass is 32.1. The summed E-state index contributed by atoms with van der Waals surface area (Å²) in [7, 11) is 0. The minimum absolute atomic E-state index is 0.0363. The normalized spacial score (nSPS) is 12.8. The van der Waals surface area contributed by atoms with Gasteiger partial charge in [0.1, 0.15) is 5.01 Å². The average Bonchev–Trinajstić information content (AvgIpc) is 3.24. The summed E-state index contributed by atoms with van der Waals surface area (Å²) in [6, 6.07) is 11.9. The van der Waals surface area contributed by atoms with E-state index in [-0.39, 0.29) is 12.3 Å². The highest BCUT2D eigenvalue weighted by Crippen LogP contribution is 2.25. The molecule has 0 saturated heterocycles. The van der Waals surface area contributed by atoms with Gasteiger partial charge in [0, 0.05) is 17.3 Å². The van der Waals surface area contributed by atoms with E-state index in [1.807, 2.05) is 29.6 Å². The summed E-state index contributed by atoms with van der Waals surface area (Å²) in [4.78, 5) is 21.1. The van der Waals surface area contributed by atoms with Gasteiger partial charge in [-0.05, 0) is 54.7 Å². The molecule has 120 valence electrons. The van der Waals surface area contributed by atoms with Crippen molar-refractivity contribution in [2.45, 2.75) is 25.7 Å². The fourth-order valence-electron chi connectivity index (χ4n) is 3.01. The molecule has 1 amide bonds. The Morgan fingerprint density at radius 1 is 1.17 bits per heavy atom. The number of pyridine rings is 1. The number of benzene rings is 1. The summed E-state index contributed by atoms with van der Waals surface area (Å²) in [6.45, 7) is 0. The number of hydrogen-bond acceptors (Lipinski definition) is 4. The van der Waals surface area contributed by atoms with Crippen LogP contribution in [0.3, 0.4) is 0 Å². The molecule has 4 nitrogen and oxygen atoms in total. The maximum absolute atomic E-state index is 12.3. The topological polar surface area (TPSA) is 54.9 Å². The Morgan fingerprint density at radius 2 is 2.08 bits per heavy atom. The van der Waals surface area contributed by atoms with Crippen LogP contribution in [0.15, 0.2) is 48.0 Å². The molecule has 0 bridgehead atoms. The maximum Gasteiger partial charge on any atom is 0.230 e. The number of amides is 1. The van der Waals surface area contributed by atoms with Crippen LogP contribution in [0.5, 0.6) is 0 Å². The highest BCUT2D eigenvalue weighted by molar-refractivity contribution is 7.13. The zero-order valence-electron chi connectivity index (χ0n) is 13.2. The van der Waals surface area contributed by atoms with Crippen LogP contribution in [-0.2, 0) is 24.1 Å². The number of nitrogens with one attached hydrogen (secondary N) is 1. The van der Waals surface area contributed by atoms with E-state index < -0.39 is 0 Å². The fraction of sp³-hybridized carbons (Fsp3) is 0.211. The molecule has 0 saturated carbocycles. The number of thiazole rings is 1. The number of carbonyl (C=O) groups is 1. The Morgan fingerprint density at radius 3 is 2.96 bits per heavy atom. The molecule has 1 aliphatic carbocycles. The lowest BCUT2D eigenvalue weighted by Crippen LogP contribution is -2.14. The lowest BCUT2D eigenvalue weighted by atomic mass is 10.1. The summed E-state index contributed by atoms with van der Waals surface area (Å²) < 4.78 is 0. The zero-order valence-corrected chi connectivity index (χ0v) is 14.0. The lowest BCUT2D eigenvalue weighted by molar-refractivity contribution is -0.115. The van der Waals surface area contributed by atoms with Crippen molar-refractivity contribution in [2.75, 3.05) is 5.32 Å². The second-order valence-corrected chi connectivity index (χ2v) is 6.78. The van der Waals surface area contributed by atoms with Gasteiger partial charge < -0.3 is 5.32 Å². The van der Waals surface area contributed by atoms with Crippen molar-refractivity contribution in [2.24, 2.45) is 0 Å². The zero-order chi connectivity index (χ0) is 16.4.